The molecule has 3 rings (SSSR count). The van der Waals surface area contributed by atoms with Gasteiger partial charge >= 0.3 is 0 Å². The minimum absolute atomic E-state index is 0.0202. The molecule has 2 heterocycles. The minimum atomic E-state index is -0.0202. The van der Waals surface area contributed by atoms with Gasteiger partial charge in [-0.15, -0.1) is 0 Å². The van der Waals surface area contributed by atoms with Gasteiger partial charge in [-0.05, 0) is 30.7 Å². The predicted molar refractivity (Wildman–Crippen MR) is 77.4 cm³/mol. The monoisotopic (exact) mass is 322 g/mol. The van der Waals surface area contributed by atoms with Gasteiger partial charge in [0.1, 0.15) is 5.58 Å². The molecule has 1 N–H and O–H groups in total. The van der Waals surface area contributed by atoms with Gasteiger partial charge in [0.05, 0.1) is 0 Å². The van der Waals surface area contributed by atoms with Crippen molar-refractivity contribution in [2.24, 2.45) is 0 Å². The Morgan fingerprint density at radius 3 is 2.79 bits per heavy atom. The third-order valence-electron chi connectivity index (χ3n) is 3.38. The van der Waals surface area contributed by atoms with E-state index >= 15 is 0 Å². The Morgan fingerprint density at radius 2 is 2.05 bits per heavy atom. The Labute approximate surface area is 119 Å². The van der Waals surface area contributed by atoms with E-state index in [2.05, 4.69) is 21.2 Å². The van der Waals surface area contributed by atoms with E-state index in [-0.39, 0.29) is 5.91 Å². The molecule has 1 aliphatic heterocycles. The molecule has 5 heteroatoms. The average Bonchev–Trinajstić information content (AvgIpc) is 2.83. The first-order valence-electron chi connectivity index (χ1n) is 6.35. The van der Waals surface area contributed by atoms with Gasteiger partial charge in [0.25, 0.3) is 5.91 Å². The largest absolute Gasteiger partial charge is 0.451 e. The number of carbonyl (C=O) groups excluding carboxylic acids is 1. The molecule has 2 aromatic rings. The van der Waals surface area contributed by atoms with Crippen molar-refractivity contribution < 1.29 is 9.21 Å². The van der Waals surface area contributed by atoms with Crippen LogP contribution >= 0.6 is 15.9 Å². The third-order valence-corrected chi connectivity index (χ3v) is 3.84. The maximum absolute atomic E-state index is 12.4. The summed E-state index contributed by atoms with van der Waals surface area (Å²) >= 11 is 3.46. The number of hydrogen-bond donors (Lipinski definition) is 1. The van der Waals surface area contributed by atoms with Crippen molar-refractivity contribution in [3.63, 3.8) is 0 Å². The lowest BCUT2D eigenvalue weighted by Gasteiger charge is -2.26. The molecule has 4 nitrogen and oxygen atoms in total. The number of fused-ring (bicyclic) bond motifs is 1. The van der Waals surface area contributed by atoms with Crippen molar-refractivity contribution in [3.05, 3.63) is 34.0 Å². The normalized spacial score (nSPS) is 16.0. The zero-order chi connectivity index (χ0) is 13.4. The Kier molecular flexibility index (Phi) is 3.33. The van der Waals surface area contributed by atoms with Crippen LogP contribution in [-0.2, 0) is 0 Å². The van der Waals surface area contributed by atoms with E-state index in [0.29, 0.717) is 5.76 Å². The number of carbonyl (C=O) groups is 1. The Morgan fingerprint density at radius 1 is 1.32 bits per heavy atom. The molecule has 1 aromatic heterocycles. The van der Waals surface area contributed by atoms with E-state index in [4.69, 9.17) is 4.42 Å². The lowest BCUT2D eigenvalue weighted by Crippen LogP contribution is -2.46. The molecule has 1 aromatic carbocycles. The molecule has 1 fully saturated rings. The van der Waals surface area contributed by atoms with Crippen molar-refractivity contribution in [2.75, 3.05) is 26.2 Å². The van der Waals surface area contributed by atoms with Crippen LogP contribution in [0.15, 0.2) is 27.1 Å². The van der Waals surface area contributed by atoms with Crippen LogP contribution in [0, 0.1) is 6.92 Å². The molecule has 0 unspecified atom stereocenters. The number of halogens is 1. The fraction of sp³-hybridized carbons (Fsp3) is 0.357. The van der Waals surface area contributed by atoms with Crippen LogP contribution in [0.2, 0.25) is 0 Å². The van der Waals surface area contributed by atoms with E-state index in [1.807, 2.05) is 30.0 Å². The molecular formula is C14H15BrN2O2. The average molecular weight is 323 g/mol. The van der Waals surface area contributed by atoms with Crippen LogP contribution in [0.3, 0.4) is 0 Å². The first-order chi connectivity index (χ1) is 9.15. The summed E-state index contributed by atoms with van der Waals surface area (Å²) in [4.78, 5) is 14.2. The quantitative estimate of drug-likeness (QED) is 0.877. The first-order valence-corrected chi connectivity index (χ1v) is 7.14. The van der Waals surface area contributed by atoms with Gasteiger partial charge in [-0.25, -0.2) is 0 Å². The number of furan rings is 1. The molecule has 0 bridgehead atoms. The second-order valence-electron chi connectivity index (χ2n) is 4.79. The second kappa shape index (κ2) is 4.98. The Hall–Kier alpha value is -1.33. The fourth-order valence-corrected chi connectivity index (χ4v) is 3.00. The summed E-state index contributed by atoms with van der Waals surface area (Å²) in [5.74, 6) is 0.409. The zero-order valence-corrected chi connectivity index (χ0v) is 12.3. The minimum Gasteiger partial charge on any atom is -0.451 e. The molecule has 1 saturated heterocycles. The van der Waals surface area contributed by atoms with E-state index in [1.54, 1.807) is 0 Å². The number of nitrogens with one attached hydrogen (secondary N) is 1. The molecule has 19 heavy (non-hydrogen) atoms. The maximum atomic E-state index is 12.4. The van der Waals surface area contributed by atoms with Gasteiger partial charge in [-0.3, -0.25) is 4.79 Å². The lowest BCUT2D eigenvalue weighted by atomic mass is 10.2. The van der Waals surface area contributed by atoms with Crippen LogP contribution in [0.1, 0.15) is 16.1 Å². The molecule has 1 amide bonds. The van der Waals surface area contributed by atoms with Crippen molar-refractivity contribution in [2.45, 2.75) is 6.92 Å². The molecule has 0 spiro atoms. The van der Waals surface area contributed by atoms with Gasteiger partial charge in [0, 0.05) is 36.0 Å². The number of rotatable bonds is 1. The van der Waals surface area contributed by atoms with Crippen LogP contribution in [0.25, 0.3) is 11.0 Å². The highest BCUT2D eigenvalue weighted by atomic mass is 79.9. The summed E-state index contributed by atoms with van der Waals surface area (Å²) in [5, 5.41) is 4.20. The second-order valence-corrected chi connectivity index (χ2v) is 5.71. The van der Waals surface area contributed by atoms with Gasteiger partial charge in [-0.1, -0.05) is 15.9 Å². The maximum Gasteiger partial charge on any atom is 0.289 e. The smallest absolute Gasteiger partial charge is 0.289 e. The lowest BCUT2D eigenvalue weighted by molar-refractivity contribution is 0.0706. The highest BCUT2D eigenvalue weighted by molar-refractivity contribution is 9.10. The van der Waals surface area contributed by atoms with Crippen LogP contribution < -0.4 is 5.32 Å². The van der Waals surface area contributed by atoms with Gasteiger partial charge in [0.2, 0.25) is 0 Å². The molecule has 0 aliphatic carbocycles. The van der Waals surface area contributed by atoms with Crippen molar-refractivity contribution in [1.29, 1.82) is 0 Å². The summed E-state index contributed by atoms with van der Waals surface area (Å²) in [7, 11) is 0. The summed E-state index contributed by atoms with van der Waals surface area (Å²) in [6.07, 6.45) is 0. The van der Waals surface area contributed by atoms with Crippen LogP contribution in [0.5, 0.6) is 0 Å². The number of benzene rings is 1. The van der Waals surface area contributed by atoms with Crippen LogP contribution in [0.4, 0.5) is 0 Å². The summed E-state index contributed by atoms with van der Waals surface area (Å²) in [6, 6.07) is 5.79. The molecular weight excluding hydrogens is 308 g/mol. The summed E-state index contributed by atoms with van der Waals surface area (Å²) < 4.78 is 6.74. The molecule has 0 saturated carbocycles. The van der Waals surface area contributed by atoms with Gasteiger partial charge in [0.15, 0.2) is 5.76 Å². The number of piperazine rings is 1. The molecule has 0 atom stereocenters. The number of aryl methyl sites for hydroxylation is 1. The van der Waals surface area contributed by atoms with Gasteiger partial charge < -0.3 is 14.6 Å². The molecule has 0 radical (unpaired) electrons. The molecule has 100 valence electrons. The number of nitrogens with zero attached hydrogens (tertiary/aromatic N) is 1. The number of hydrogen-bond acceptors (Lipinski definition) is 3. The highest BCUT2D eigenvalue weighted by Gasteiger charge is 2.21. The van der Waals surface area contributed by atoms with E-state index in [1.165, 1.54) is 0 Å². The molecule has 1 aliphatic rings. The van der Waals surface area contributed by atoms with Crippen LogP contribution in [-0.4, -0.2) is 37.0 Å². The SMILES string of the molecule is Cc1cc(Br)cc2cc(C(=O)N3CCNCC3)oc12. The van der Waals surface area contributed by atoms with E-state index < -0.39 is 0 Å². The van der Waals surface area contributed by atoms with E-state index in [9.17, 15) is 4.79 Å². The van der Waals surface area contributed by atoms with Gasteiger partial charge in [-0.2, -0.15) is 0 Å². The first kappa shape index (κ1) is 12.7. The summed E-state index contributed by atoms with van der Waals surface area (Å²) in [6.45, 7) is 5.14. The topological polar surface area (TPSA) is 45.5 Å². The Bertz CT molecular complexity index is 630. The third kappa shape index (κ3) is 2.40. The summed E-state index contributed by atoms with van der Waals surface area (Å²) in [5.41, 5.74) is 1.82. The standard InChI is InChI=1S/C14H15BrN2O2/c1-9-6-11(15)7-10-8-12(19-13(9)10)14(18)17-4-2-16-3-5-17/h6-8,16H,2-5H2,1H3. The predicted octanol–water partition coefficient (Wildman–Crippen LogP) is 2.55. The van der Waals surface area contributed by atoms with Crippen molar-refractivity contribution in [3.8, 4) is 0 Å². The number of amides is 1. The fourth-order valence-electron chi connectivity index (χ4n) is 2.41. The zero-order valence-electron chi connectivity index (χ0n) is 10.7. The van der Waals surface area contributed by atoms with E-state index in [0.717, 1.165) is 47.2 Å². The van der Waals surface area contributed by atoms with Crippen molar-refractivity contribution >= 4 is 32.8 Å². The van der Waals surface area contributed by atoms with Crippen molar-refractivity contribution in [1.82, 2.24) is 10.2 Å². The Balaban J connectivity index is 1.96. The highest BCUT2D eigenvalue weighted by Crippen LogP contribution is 2.27.